The first-order valence-corrected chi connectivity index (χ1v) is 25.8. The number of likely N-dealkylation sites (N-methyl/N-ethyl adjacent to an activating group) is 2. The van der Waals surface area contributed by atoms with Crippen LogP contribution in [0.4, 0.5) is 23.0 Å². The molecule has 19 nitrogen and oxygen atoms in total. The van der Waals surface area contributed by atoms with E-state index >= 15 is 0 Å². The average Bonchev–Trinajstić information content (AvgIpc) is 4.22. The Morgan fingerprint density at radius 3 is 1.68 bits per heavy atom. The molecular weight excluding hydrogens is 925 g/mol. The lowest BCUT2D eigenvalue weighted by atomic mass is 9.89. The molecule has 0 radical (unpaired) electrons. The number of carboxylic acids is 1. The van der Waals surface area contributed by atoms with Crippen molar-refractivity contribution in [3.63, 3.8) is 0 Å². The molecule has 0 saturated carbocycles. The first kappa shape index (κ1) is 52.4. The minimum atomic E-state index is -1.54. The highest BCUT2D eigenvalue weighted by molar-refractivity contribution is 6.39. The van der Waals surface area contributed by atoms with Crippen LogP contribution < -0.4 is 27.4 Å². The highest BCUT2D eigenvalue weighted by Crippen LogP contribution is 2.36. The number of carboxylic acid groups (broad SMARTS) is 1. The maximum Gasteiger partial charge on any atom is 0.394 e. The van der Waals surface area contributed by atoms with Crippen LogP contribution in [0.3, 0.4) is 0 Å². The number of hydrogen-bond acceptors (Lipinski definition) is 13. The highest BCUT2D eigenvalue weighted by Gasteiger charge is 2.35. The fraction of sp³-hybridized carbons (Fsp3) is 0.481. The summed E-state index contributed by atoms with van der Waals surface area (Å²) < 4.78 is 4.27. The van der Waals surface area contributed by atoms with Crippen molar-refractivity contribution in [2.24, 2.45) is 11.8 Å². The maximum absolute atomic E-state index is 13.4. The van der Waals surface area contributed by atoms with Crippen LogP contribution >= 0.6 is 0 Å². The van der Waals surface area contributed by atoms with Gasteiger partial charge in [-0.05, 0) is 156 Å². The van der Waals surface area contributed by atoms with E-state index in [1.165, 1.54) is 49.2 Å². The van der Waals surface area contributed by atoms with Crippen molar-refractivity contribution >= 4 is 68.5 Å². The number of hydrogen-bond donors (Lipinski definition) is 6. The number of nitrogens with zero attached hydrogens (tertiary/aromatic N) is 9. The Morgan fingerprint density at radius 1 is 0.671 bits per heavy atom. The Balaban J connectivity index is 0.000000163. The Labute approximate surface area is 427 Å². The molecule has 0 bridgehead atoms. The number of carbonyl (C=O) groups is 4. The second-order valence-electron chi connectivity index (χ2n) is 20.5. The van der Waals surface area contributed by atoms with Gasteiger partial charge >= 0.3 is 23.7 Å². The summed E-state index contributed by atoms with van der Waals surface area (Å²) >= 11 is 0. The van der Waals surface area contributed by atoms with Crippen molar-refractivity contribution in [2.45, 2.75) is 103 Å². The van der Waals surface area contributed by atoms with Gasteiger partial charge in [-0.15, -0.1) is 0 Å². The zero-order chi connectivity index (χ0) is 51.9. The second kappa shape index (κ2) is 23.3. The summed E-state index contributed by atoms with van der Waals surface area (Å²) in [6, 6.07) is 17.7. The smallest absolute Gasteiger partial charge is 0.394 e. The van der Waals surface area contributed by atoms with Crippen LogP contribution in [0.5, 0.6) is 0 Å². The van der Waals surface area contributed by atoms with Gasteiger partial charge in [0.15, 0.2) is 0 Å². The van der Waals surface area contributed by atoms with Crippen molar-refractivity contribution < 1.29 is 24.3 Å². The Kier molecular flexibility index (Phi) is 16.7. The number of aromatic nitrogens is 6. The van der Waals surface area contributed by atoms with E-state index in [-0.39, 0.29) is 6.04 Å². The highest BCUT2D eigenvalue weighted by atomic mass is 16.4. The molecule has 4 aliphatic heterocycles. The number of anilines is 4. The molecule has 388 valence electrons. The molecule has 3 amide bonds. The molecular formula is C54H72N14O5. The molecule has 19 heteroatoms. The van der Waals surface area contributed by atoms with Crippen LogP contribution in [0.2, 0.25) is 0 Å². The molecule has 6 atom stereocenters. The lowest BCUT2D eigenvalue weighted by Gasteiger charge is -2.38. The number of nitrogens with one attached hydrogen (secondary N) is 3. The number of aliphatic carboxylic acids is 1. The van der Waals surface area contributed by atoms with E-state index in [4.69, 9.17) is 26.8 Å². The number of carbonyl (C=O) groups excluding carboxylic acids is 3. The zero-order valence-electron chi connectivity index (χ0n) is 43.1. The summed E-state index contributed by atoms with van der Waals surface area (Å²) in [5, 5.41) is 28.9. The summed E-state index contributed by atoms with van der Waals surface area (Å²) in [6.45, 7) is 14.4. The molecule has 4 saturated heterocycles. The van der Waals surface area contributed by atoms with E-state index in [0.29, 0.717) is 66.4 Å². The summed E-state index contributed by atoms with van der Waals surface area (Å²) in [6.07, 6.45) is 15.2. The molecule has 2 aromatic carbocycles. The first-order chi connectivity index (χ1) is 35.0. The van der Waals surface area contributed by atoms with Gasteiger partial charge in [-0.2, -0.15) is 10.2 Å². The standard InChI is InChI=1S/C27H35N7O2.C18H26N4.C9H11N3O3/c1-4-18-12-21(13-29-25(18)28)30-26(35)27(36)33-14-17(2)5-8-24(33)19-6-7-23-20(11-19)15-34(31-23)22-9-10-32(3)16-22;1-13-3-5-17(19-10-13)14-4-6-18-15(9-14)11-22(20-18)16-7-8-21(2)12-16;1-2-5-3-6(4-11-7(5)10)12-8(13)9(14)15/h6-7,11-13,15,17,22,24H,4-5,8-10,14,16H2,1-3H3,(H2,28,29)(H,30,35);4,6,9,11,13,16-17,19H,3,5,7-8,10,12H2,1-2H3;3-4H,2H2,1H3,(H2,10,11)(H,12,13)(H,14,15)/t17-,22?,24+;13-,16?,17+;/m00./s1. The number of nitrogen functional groups attached to an aromatic ring is 2. The number of benzene rings is 2. The molecule has 2 unspecified atom stereocenters. The molecule has 4 aliphatic rings. The first-order valence-electron chi connectivity index (χ1n) is 25.8. The van der Waals surface area contributed by atoms with Gasteiger partial charge in [-0.3, -0.25) is 23.7 Å². The number of nitrogens with two attached hydrogens (primary N) is 2. The van der Waals surface area contributed by atoms with Crippen molar-refractivity contribution in [3.8, 4) is 0 Å². The zero-order valence-corrected chi connectivity index (χ0v) is 43.1. The maximum atomic E-state index is 13.4. The van der Waals surface area contributed by atoms with Gasteiger partial charge in [0.05, 0.1) is 52.9 Å². The number of rotatable bonds is 8. The molecule has 0 aliphatic carbocycles. The van der Waals surface area contributed by atoms with E-state index in [2.05, 4.69) is 116 Å². The molecule has 73 heavy (non-hydrogen) atoms. The van der Waals surface area contributed by atoms with Crippen LogP contribution in [0, 0.1) is 11.8 Å². The number of likely N-dealkylation sites (tertiary alicyclic amines) is 3. The Morgan fingerprint density at radius 2 is 1.19 bits per heavy atom. The fourth-order valence-electron chi connectivity index (χ4n) is 10.4. The normalized spacial score (nSPS) is 22.3. The third-order valence-electron chi connectivity index (χ3n) is 14.8. The van der Waals surface area contributed by atoms with Crippen molar-refractivity contribution in [2.75, 3.05) is 75.5 Å². The van der Waals surface area contributed by atoms with Crippen LogP contribution in [0.25, 0.3) is 21.8 Å². The number of amides is 3. The average molecular weight is 997 g/mol. The predicted molar refractivity (Wildman–Crippen MR) is 285 cm³/mol. The summed E-state index contributed by atoms with van der Waals surface area (Å²) in [7, 11) is 4.33. The van der Waals surface area contributed by atoms with Crippen LogP contribution in [0.15, 0.2) is 73.3 Å². The molecule has 8 heterocycles. The topological polar surface area (TPSA) is 248 Å². The number of aryl methyl sites for hydroxylation is 2. The largest absolute Gasteiger partial charge is 0.474 e. The third kappa shape index (κ3) is 12.8. The third-order valence-corrected chi connectivity index (χ3v) is 14.8. The molecule has 0 spiro atoms. The SMILES string of the molecule is CCc1cc(NC(=O)C(=O)N2C[C@@H](C)CC[C@@H]2c2ccc3nn(C4CCN(C)C4)cc3c2)cnc1N.CCc1cc(NC(=O)C(=O)O)cnc1N.C[C@H]1CC[C@H](c2ccc3nn(C4CCN(C)C4)cc3c2)NC1. The lowest BCUT2D eigenvalue weighted by molar-refractivity contribution is -0.147. The minimum absolute atomic E-state index is 0.152. The minimum Gasteiger partial charge on any atom is -0.474 e. The van der Waals surface area contributed by atoms with Gasteiger partial charge in [0.1, 0.15) is 11.6 Å². The summed E-state index contributed by atoms with van der Waals surface area (Å²) in [4.78, 5) is 61.9. The van der Waals surface area contributed by atoms with Gasteiger partial charge < -0.3 is 47.2 Å². The van der Waals surface area contributed by atoms with E-state index in [1.807, 2.05) is 19.9 Å². The van der Waals surface area contributed by atoms with Gasteiger partial charge in [-0.1, -0.05) is 39.8 Å². The van der Waals surface area contributed by atoms with E-state index in [9.17, 15) is 19.2 Å². The van der Waals surface area contributed by atoms with Gasteiger partial charge in [0, 0.05) is 48.8 Å². The van der Waals surface area contributed by atoms with Gasteiger partial charge in [0.25, 0.3) is 0 Å². The van der Waals surface area contributed by atoms with Crippen LogP contribution in [0.1, 0.15) is 113 Å². The molecule has 10 rings (SSSR count). The van der Waals surface area contributed by atoms with E-state index in [1.54, 1.807) is 17.0 Å². The number of piperidine rings is 2. The Bertz CT molecular complexity index is 2930. The van der Waals surface area contributed by atoms with Gasteiger partial charge in [0.2, 0.25) is 0 Å². The van der Waals surface area contributed by atoms with Crippen molar-refractivity contribution in [1.29, 1.82) is 0 Å². The molecule has 6 aromatic rings. The quantitative estimate of drug-likeness (QED) is 0.0879. The molecule has 4 aromatic heterocycles. The van der Waals surface area contributed by atoms with Crippen LogP contribution in [-0.4, -0.2) is 126 Å². The fourth-order valence-corrected chi connectivity index (χ4v) is 10.4. The van der Waals surface area contributed by atoms with E-state index < -0.39 is 23.7 Å². The second-order valence-corrected chi connectivity index (χ2v) is 20.5. The van der Waals surface area contributed by atoms with Crippen molar-refractivity contribution in [3.05, 3.63) is 95.6 Å². The number of fused-ring (bicyclic) bond motifs is 2. The summed E-state index contributed by atoms with van der Waals surface area (Å²) in [5.74, 6) is -1.85. The van der Waals surface area contributed by atoms with E-state index in [0.717, 1.165) is 84.5 Å². The molecule has 4 fully saturated rings. The summed E-state index contributed by atoms with van der Waals surface area (Å²) in [5.41, 5.74) is 18.4. The monoisotopic (exact) mass is 997 g/mol. The molecule has 8 N–H and O–H groups in total. The lowest BCUT2D eigenvalue weighted by Crippen LogP contribution is -2.46. The predicted octanol–water partition coefficient (Wildman–Crippen LogP) is 6.61. The van der Waals surface area contributed by atoms with Crippen molar-refractivity contribution in [1.82, 2.24) is 49.5 Å². The van der Waals surface area contributed by atoms with Gasteiger partial charge in [-0.25, -0.2) is 14.8 Å². The Hall–Kier alpha value is -6.96. The number of pyridine rings is 2. The van der Waals surface area contributed by atoms with Crippen LogP contribution in [-0.2, 0) is 32.0 Å².